The molecule has 2 aromatic heterocycles. The Kier molecular flexibility index (Phi) is 6.33. The molecule has 3 aromatic rings. The molecule has 1 aromatic carbocycles. The maximum absolute atomic E-state index is 13.8. The minimum atomic E-state index is -1.03. The molecule has 1 aliphatic heterocycles. The number of halogens is 2. The van der Waals surface area contributed by atoms with E-state index in [1.165, 1.54) is 22.2 Å². The number of carbonyl (C=O) groups excluding carboxylic acids is 2. The molecule has 1 atom stereocenters. The molecule has 1 fully saturated rings. The number of thiazole rings is 1. The van der Waals surface area contributed by atoms with Gasteiger partial charge in [0.15, 0.2) is 16.8 Å². The van der Waals surface area contributed by atoms with Gasteiger partial charge in [-0.2, -0.15) is 0 Å². The van der Waals surface area contributed by atoms with E-state index in [9.17, 15) is 18.4 Å². The van der Waals surface area contributed by atoms with Gasteiger partial charge in [0.1, 0.15) is 11.7 Å². The van der Waals surface area contributed by atoms with Crippen molar-refractivity contribution >= 4 is 39.3 Å². The number of fused-ring (bicyclic) bond motifs is 1. The highest BCUT2D eigenvalue weighted by Crippen LogP contribution is 2.26. The molecular formula is C20H22F2N6O3S. The van der Waals surface area contributed by atoms with E-state index in [0.717, 1.165) is 12.1 Å². The number of hydrogen-bond donors (Lipinski definition) is 2. The van der Waals surface area contributed by atoms with Gasteiger partial charge in [0.05, 0.1) is 30.6 Å². The highest BCUT2D eigenvalue weighted by atomic mass is 32.1. The number of ether oxygens (including phenoxy) is 1. The number of benzene rings is 1. The largest absolute Gasteiger partial charge is 0.378 e. The van der Waals surface area contributed by atoms with Gasteiger partial charge in [-0.05, 0) is 5.92 Å². The van der Waals surface area contributed by atoms with E-state index in [0.29, 0.717) is 31.4 Å². The molecule has 1 unspecified atom stereocenters. The first-order valence-electron chi connectivity index (χ1n) is 10.0. The predicted octanol–water partition coefficient (Wildman–Crippen LogP) is 2.27. The second-order valence-corrected chi connectivity index (χ2v) is 8.49. The highest BCUT2D eigenvalue weighted by molar-refractivity contribution is 7.13. The zero-order valence-corrected chi connectivity index (χ0v) is 18.3. The van der Waals surface area contributed by atoms with Crippen LogP contribution in [0.25, 0.3) is 11.0 Å². The molecule has 12 heteroatoms. The number of morpholine rings is 1. The van der Waals surface area contributed by atoms with Crippen molar-refractivity contribution in [3.63, 3.8) is 0 Å². The third-order valence-corrected chi connectivity index (χ3v) is 6.02. The molecule has 0 saturated carbocycles. The zero-order valence-electron chi connectivity index (χ0n) is 17.5. The zero-order chi connectivity index (χ0) is 22.8. The van der Waals surface area contributed by atoms with E-state index in [1.54, 1.807) is 19.2 Å². The molecule has 1 saturated heterocycles. The summed E-state index contributed by atoms with van der Waals surface area (Å²) < 4.78 is 34.0. The summed E-state index contributed by atoms with van der Waals surface area (Å²) in [4.78, 5) is 35.8. The van der Waals surface area contributed by atoms with E-state index >= 15 is 0 Å². The first-order valence-corrected chi connectivity index (χ1v) is 10.9. The Labute approximate surface area is 186 Å². The summed E-state index contributed by atoms with van der Waals surface area (Å²) in [6.45, 7) is 6.20. The van der Waals surface area contributed by atoms with Crippen LogP contribution in [0.5, 0.6) is 0 Å². The number of amides is 2. The van der Waals surface area contributed by atoms with Gasteiger partial charge in [-0.25, -0.2) is 18.7 Å². The Morgan fingerprint density at radius 3 is 2.59 bits per heavy atom. The lowest BCUT2D eigenvalue weighted by molar-refractivity contribution is -0.126. The van der Waals surface area contributed by atoms with Crippen molar-refractivity contribution in [3.8, 4) is 0 Å². The van der Waals surface area contributed by atoms with Gasteiger partial charge in [0.2, 0.25) is 0 Å². The van der Waals surface area contributed by atoms with Gasteiger partial charge < -0.3 is 14.2 Å². The van der Waals surface area contributed by atoms with E-state index < -0.39 is 29.5 Å². The topological polar surface area (TPSA) is 101 Å². The van der Waals surface area contributed by atoms with E-state index in [4.69, 9.17) is 4.74 Å². The molecular weight excluding hydrogens is 442 g/mol. The van der Waals surface area contributed by atoms with Crippen molar-refractivity contribution in [2.75, 3.05) is 31.2 Å². The van der Waals surface area contributed by atoms with E-state index in [-0.39, 0.29) is 22.6 Å². The summed E-state index contributed by atoms with van der Waals surface area (Å²) in [5, 5.41) is 2.33. The molecule has 170 valence electrons. The summed E-state index contributed by atoms with van der Waals surface area (Å²) in [5.74, 6) is -3.36. The Hall–Kier alpha value is -3.12. The third-order valence-electron chi connectivity index (χ3n) is 5.12. The Morgan fingerprint density at radius 1 is 1.16 bits per heavy atom. The van der Waals surface area contributed by atoms with Gasteiger partial charge in [0.25, 0.3) is 11.8 Å². The van der Waals surface area contributed by atoms with Gasteiger partial charge in [0, 0.05) is 30.6 Å². The number of carbonyl (C=O) groups is 2. The molecule has 0 spiro atoms. The van der Waals surface area contributed by atoms with Crippen molar-refractivity contribution in [2.24, 2.45) is 5.92 Å². The summed E-state index contributed by atoms with van der Waals surface area (Å²) >= 11 is 1.34. The fraction of sp³-hybridized carbons (Fsp3) is 0.400. The van der Waals surface area contributed by atoms with Crippen molar-refractivity contribution in [2.45, 2.75) is 19.9 Å². The second kappa shape index (κ2) is 9.17. The molecule has 0 bridgehead atoms. The van der Waals surface area contributed by atoms with Gasteiger partial charge >= 0.3 is 0 Å². The SMILES string of the molecule is CC(C)C(C(=O)NNC(=O)c1csc(N2CCOCC2)n1)n1cnc2cc(F)c(F)cc21. The molecule has 0 aliphatic carbocycles. The van der Waals surface area contributed by atoms with Crippen LogP contribution in [0.1, 0.15) is 30.4 Å². The fourth-order valence-electron chi connectivity index (χ4n) is 3.52. The first kappa shape index (κ1) is 22.1. The lowest BCUT2D eigenvalue weighted by Gasteiger charge is -2.26. The van der Waals surface area contributed by atoms with Crippen LogP contribution in [0.2, 0.25) is 0 Å². The number of hydrazine groups is 1. The summed E-state index contributed by atoms with van der Waals surface area (Å²) in [6.07, 6.45) is 1.35. The molecule has 9 nitrogen and oxygen atoms in total. The molecule has 3 heterocycles. The predicted molar refractivity (Wildman–Crippen MR) is 114 cm³/mol. The van der Waals surface area contributed by atoms with Crippen LogP contribution in [0, 0.1) is 17.6 Å². The van der Waals surface area contributed by atoms with Crippen LogP contribution in [0.4, 0.5) is 13.9 Å². The Morgan fingerprint density at radius 2 is 1.88 bits per heavy atom. The summed E-state index contributed by atoms with van der Waals surface area (Å²) in [7, 11) is 0. The molecule has 2 N–H and O–H groups in total. The molecule has 2 amide bonds. The molecule has 1 aliphatic rings. The number of aromatic nitrogens is 3. The van der Waals surface area contributed by atoms with Gasteiger partial charge in [-0.3, -0.25) is 20.4 Å². The van der Waals surface area contributed by atoms with Crippen molar-refractivity contribution in [1.29, 1.82) is 0 Å². The highest BCUT2D eigenvalue weighted by Gasteiger charge is 2.27. The maximum Gasteiger partial charge on any atom is 0.289 e. The Bertz CT molecular complexity index is 1140. The summed E-state index contributed by atoms with van der Waals surface area (Å²) in [5.41, 5.74) is 5.47. The summed E-state index contributed by atoms with van der Waals surface area (Å²) in [6, 6.07) is 1.16. The number of imidazole rings is 1. The van der Waals surface area contributed by atoms with Crippen molar-refractivity contribution < 1.29 is 23.1 Å². The van der Waals surface area contributed by atoms with Crippen LogP contribution in [-0.2, 0) is 9.53 Å². The normalized spacial score (nSPS) is 15.2. The van der Waals surface area contributed by atoms with Crippen LogP contribution in [0.15, 0.2) is 23.8 Å². The minimum Gasteiger partial charge on any atom is -0.378 e. The average Bonchev–Trinajstić information content (AvgIpc) is 3.41. The number of rotatable bonds is 5. The standard InChI is InChI=1S/C20H22F2N6O3S/c1-11(2)17(28-10-23-14-7-12(21)13(22)8-16(14)28)19(30)26-25-18(29)15-9-32-20(24-15)27-3-5-31-6-4-27/h7-11,17H,3-6H2,1-2H3,(H,25,29)(H,26,30). The average molecular weight is 464 g/mol. The lowest BCUT2D eigenvalue weighted by atomic mass is 10.0. The van der Waals surface area contributed by atoms with Crippen LogP contribution in [-0.4, -0.2) is 52.7 Å². The van der Waals surface area contributed by atoms with E-state index in [2.05, 4.69) is 20.8 Å². The molecule has 0 radical (unpaired) electrons. The number of nitrogens with zero attached hydrogens (tertiary/aromatic N) is 4. The first-order chi connectivity index (χ1) is 15.3. The lowest BCUT2D eigenvalue weighted by Crippen LogP contribution is -2.46. The monoisotopic (exact) mass is 464 g/mol. The smallest absolute Gasteiger partial charge is 0.289 e. The maximum atomic E-state index is 13.8. The van der Waals surface area contributed by atoms with Gasteiger partial charge in [-0.1, -0.05) is 13.8 Å². The molecule has 32 heavy (non-hydrogen) atoms. The van der Waals surface area contributed by atoms with Crippen LogP contribution < -0.4 is 15.8 Å². The third kappa shape index (κ3) is 4.41. The van der Waals surface area contributed by atoms with Gasteiger partial charge in [-0.15, -0.1) is 11.3 Å². The van der Waals surface area contributed by atoms with Crippen LogP contribution in [0.3, 0.4) is 0 Å². The number of nitrogens with one attached hydrogen (secondary N) is 2. The van der Waals surface area contributed by atoms with Crippen molar-refractivity contribution in [3.05, 3.63) is 41.2 Å². The Balaban J connectivity index is 1.45. The second-order valence-electron chi connectivity index (χ2n) is 7.65. The van der Waals surface area contributed by atoms with Crippen LogP contribution >= 0.6 is 11.3 Å². The number of hydrogen-bond acceptors (Lipinski definition) is 7. The van der Waals surface area contributed by atoms with E-state index in [1.807, 2.05) is 4.90 Å². The fourth-order valence-corrected chi connectivity index (χ4v) is 4.38. The molecule has 4 rings (SSSR count). The number of anilines is 1. The minimum absolute atomic E-state index is 0.184. The quantitative estimate of drug-likeness (QED) is 0.562. The van der Waals surface area contributed by atoms with Crippen molar-refractivity contribution in [1.82, 2.24) is 25.4 Å².